The maximum Gasteiger partial charge on any atom is 0.139 e. The van der Waals surface area contributed by atoms with Gasteiger partial charge in [-0.05, 0) is 61.9 Å². The fourth-order valence-electron chi connectivity index (χ4n) is 3.25. The van der Waals surface area contributed by atoms with Crippen LogP contribution in [0.15, 0.2) is 30.5 Å². The third kappa shape index (κ3) is 2.15. The highest BCUT2D eigenvalue weighted by Gasteiger charge is 2.18. The number of hydrogen-bond acceptors (Lipinski definition) is 2. The number of hydrogen-bond donors (Lipinski definition) is 2. The molecule has 3 nitrogen and oxygen atoms in total. The van der Waals surface area contributed by atoms with E-state index in [0.717, 1.165) is 35.2 Å². The Bertz CT molecular complexity index is 851. The van der Waals surface area contributed by atoms with Gasteiger partial charge in [-0.25, -0.2) is 9.37 Å². The maximum absolute atomic E-state index is 13.8. The molecule has 22 heavy (non-hydrogen) atoms. The molecule has 1 aliphatic rings. The molecular formula is C18H18FN3. The number of nitrogens with one attached hydrogen (secondary N) is 2. The Labute approximate surface area is 128 Å². The van der Waals surface area contributed by atoms with Gasteiger partial charge in [0.05, 0.1) is 5.69 Å². The molecule has 0 unspecified atom stereocenters. The molecule has 2 N–H and O–H groups in total. The third-order valence-electron chi connectivity index (χ3n) is 4.44. The summed E-state index contributed by atoms with van der Waals surface area (Å²) < 4.78 is 13.8. The lowest BCUT2D eigenvalue weighted by Gasteiger charge is -2.13. The molecule has 0 radical (unpaired) electrons. The van der Waals surface area contributed by atoms with Crippen molar-refractivity contribution in [2.24, 2.45) is 0 Å². The highest BCUT2D eigenvalue weighted by molar-refractivity contribution is 5.95. The second-order valence-electron chi connectivity index (χ2n) is 5.96. The first-order valence-corrected chi connectivity index (χ1v) is 7.74. The molecule has 0 aliphatic heterocycles. The molecule has 0 spiro atoms. The van der Waals surface area contributed by atoms with Crippen LogP contribution in [0.4, 0.5) is 15.8 Å². The summed E-state index contributed by atoms with van der Waals surface area (Å²) in [6.07, 6.45) is 6.40. The van der Waals surface area contributed by atoms with E-state index in [2.05, 4.69) is 15.3 Å². The van der Waals surface area contributed by atoms with Gasteiger partial charge in [0.1, 0.15) is 11.5 Å². The Hall–Kier alpha value is -2.36. The second kappa shape index (κ2) is 5.13. The van der Waals surface area contributed by atoms with Crippen LogP contribution < -0.4 is 5.32 Å². The fraction of sp³-hybridized carbons (Fsp3) is 0.278. The predicted molar refractivity (Wildman–Crippen MR) is 87.2 cm³/mol. The molecule has 2 aromatic heterocycles. The van der Waals surface area contributed by atoms with Crippen molar-refractivity contribution >= 4 is 22.4 Å². The van der Waals surface area contributed by atoms with E-state index >= 15 is 0 Å². The first kappa shape index (κ1) is 13.3. The smallest absolute Gasteiger partial charge is 0.139 e. The lowest BCUT2D eigenvalue weighted by atomic mass is 9.95. The van der Waals surface area contributed by atoms with Crippen molar-refractivity contribution in [1.82, 2.24) is 9.97 Å². The highest BCUT2D eigenvalue weighted by Crippen LogP contribution is 2.34. The fourth-order valence-corrected chi connectivity index (χ4v) is 3.25. The number of fused-ring (bicyclic) bond motifs is 3. The summed E-state index contributed by atoms with van der Waals surface area (Å²) >= 11 is 0. The third-order valence-corrected chi connectivity index (χ3v) is 4.44. The molecular weight excluding hydrogens is 277 g/mol. The molecule has 0 fully saturated rings. The molecule has 0 saturated heterocycles. The standard InChI is InChI=1S/C18H18FN3/c1-11-6-7-12(10-14(11)19)21-16-8-9-20-18-17(16)13-4-2-3-5-15(13)22-18/h6-10H,2-5H2,1H3,(H2,20,21,22). The maximum atomic E-state index is 13.8. The van der Waals surface area contributed by atoms with Crippen molar-refractivity contribution in [1.29, 1.82) is 0 Å². The Morgan fingerprint density at radius 3 is 2.91 bits per heavy atom. The predicted octanol–water partition coefficient (Wildman–Crippen LogP) is 4.63. The molecule has 0 bridgehead atoms. The van der Waals surface area contributed by atoms with Gasteiger partial charge in [0.15, 0.2) is 0 Å². The largest absolute Gasteiger partial charge is 0.355 e. The molecule has 4 heteroatoms. The normalized spacial score (nSPS) is 14.1. The first-order chi connectivity index (χ1) is 10.7. The van der Waals surface area contributed by atoms with Gasteiger partial charge in [-0.2, -0.15) is 0 Å². The molecule has 2 heterocycles. The van der Waals surface area contributed by atoms with Gasteiger partial charge in [0, 0.05) is 23.0 Å². The van der Waals surface area contributed by atoms with E-state index < -0.39 is 0 Å². The lowest BCUT2D eigenvalue weighted by Crippen LogP contribution is -2.01. The summed E-state index contributed by atoms with van der Waals surface area (Å²) in [5.41, 5.74) is 6.01. The number of halogens is 1. The zero-order valence-electron chi connectivity index (χ0n) is 12.5. The summed E-state index contributed by atoms with van der Waals surface area (Å²) in [5, 5.41) is 4.50. The number of H-pyrrole nitrogens is 1. The lowest BCUT2D eigenvalue weighted by molar-refractivity contribution is 0.619. The van der Waals surface area contributed by atoms with Crippen molar-refractivity contribution in [3.63, 3.8) is 0 Å². The number of benzene rings is 1. The summed E-state index contributed by atoms with van der Waals surface area (Å²) in [4.78, 5) is 7.89. The van der Waals surface area contributed by atoms with Gasteiger partial charge < -0.3 is 10.3 Å². The van der Waals surface area contributed by atoms with E-state index in [-0.39, 0.29) is 5.82 Å². The van der Waals surface area contributed by atoms with E-state index in [4.69, 9.17) is 0 Å². The number of pyridine rings is 1. The van der Waals surface area contributed by atoms with Crippen LogP contribution in [0.5, 0.6) is 0 Å². The van der Waals surface area contributed by atoms with E-state index in [1.165, 1.54) is 24.1 Å². The molecule has 112 valence electrons. The quantitative estimate of drug-likeness (QED) is 0.723. The monoisotopic (exact) mass is 295 g/mol. The van der Waals surface area contributed by atoms with Crippen LogP contribution >= 0.6 is 0 Å². The SMILES string of the molecule is Cc1ccc(Nc2ccnc3[nH]c4c(c23)CCCC4)cc1F. The van der Waals surface area contributed by atoms with Gasteiger partial charge in [0.25, 0.3) is 0 Å². The number of rotatable bonds is 2. The molecule has 3 aromatic rings. The molecule has 0 atom stereocenters. The number of aromatic amines is 1. The topological polar surface area (TPSA) is 40.7 Å². The Balaban J connectivity index is 1.81. The van der Waals surface area contributed by atoms with Crippen molar-refractivity contribution in [2.75, 3.05) is 5.32 Å². The minimum absolute atomic E-state index is 0.189. The summed E-state index contributed by atoms with van der Waals surface area (Å²) in [7, 11) is 0. The molecule has 0 saturated carbocycles. The van der Waals surface area contributed by atoms with Crippen molar-refractivity contribution in [3.8, 4) is 0 Å². The molecule has 0 amide bonds. The van der Waals surface area contributed by atoms with Crippen LogP contribution in [0.3, 0.4) is 0 Å². The van der Waals surface area contributed by atoms with Crippen molar-refractivity contribution in [3.05, 3.63) is 53.1 Å². The van der Waals surface area contributed by atoms with Crippen LogP contribution in [0, 0.1) is 12.7 Å². The van der Waals surface area contributed by atoms with Crippen LogP contribution in [0.25, 0.3) is 11.0 Å². The summed E-state index contributed by atoms with van der Waals surface area (Å²) in [5.74, 6) is -0.189. The number of aryl methyl sites for hydroxylation is 3. The minimum Gasteiger partial charge on any atom is -0.355 e. The van der Waals surface area contributed by atoms with E-state index in [9.17, 15) is 4.39 Å². The highest BCUT2D eigenvalue weighted by atomic mass is 19.1. The molecule has 1 aromatic carbocycles. The van der Waals surface area contributed by atoms with E-state index in [0.29, 0.717) is 5.56 Å². The van der Waals surface area contributed by atoms with Crippen molar-refractivity contribution < 1.29 is 4.39 Å². The van der Waals surface area contributed by atoms with Gasteiger partial charge in [-0.3, -0.25) is 0 Å². The van der Waals surface area contributed by atoms with Crippen LogP contribution in [0.1, 0.15) is 29.7 Å². The number of nitrogens with zero attached hydrogens (tertiary/aromatic N) is 1. The summed E-state index contributed by atoms with van der Waals surface area (Å²) in [6, 6.07) is 7.20. The Morgan fingerprint density at radius 1 is 1.18 bits per heavy atom. The van der Waals surface area contributed by atoms with Gasteiger partial charge in [-0.1, -0.05) is 6.07 Å². The average molecular weight is 295 g/mol. The van der Waals surface area contributed by atoms with E-state index in [1.807, 2.05) is 12.1 Å². The van der Waals surface area contributed by atoms with Crippen LogP contribution in [-0.2, 0) is 12.8 Å². The Kier molecular flexibility index (Phi) is 3.10. The second-order valence-corrected chi connectivity index (χ2v) is 5.96. The first-order valence-electron chi connectivity index (χ1n) is 7.74. The van der Waals surface area contributed by atoms with Gasteiger partial charge in [-0.15, -0.1) is 0 Å². The number of aromatic nitrogens is 2. The zero-order chi connectivity index (χ0) is 15.1. The van der Waals surface area contributed by atoms with Gasteiger partial charge >= 0.3 is 0 Å². The van der Waals surface area contributed by atoms with Crippen LogP contribution in [0.2, 0.25) is 0 Å². The zero-order valence-corrected chi connectivity index (χ0v) is 12.5. The average Bonchev–Trinajstić information content (AvgIpc) is 2.90. The van der Waals surface area contributed by atoms with Gasteiger partial charge in [0.2, 0.25) is 0 Å². The summed E-state index contributed by atoms with van der Waals surface area (Å²) in [6.45, 7) is 1.77. The Morgan fingerprint density at radius 2 is 2.05 bits per heavy atom. The number of anilines is 2. The van der Waals surface area contributed by atoms with Crippen LogP contribution in [-0.4, -0.2) is 9.97 Å². The minimum atomic E-state index is -0.189. The molecule has 4 rings (SSSR count). The van der Waals surface area contributed by atoms with E-state index in [1.54, 1.807) is 25.3 Å². The molecule has 1 aliphatic carbocycles. The van der Waals surface area contributed by atoms with Crippen molar-refractivity contribution in [2.45, 2.75) is 32.6 Å².